The Bertz CT molecular complexity index is 334. The first kappa shape index (κ1) is 16.0. The van der Waals surface area contributed by atoms with Gasteiger partial charge in [-0.05, 0) is 36.6 Å². The van der Waals surface area contributed by atoms with Crippen molar-refractivity contribution >= 4 is 0 Å². The molecule has 0 bridgehead atoms. The first-order chi connectivity index (χ1) is 9.21. The number of aryl methyl sites for hydroxylation is 1. The Morgan fingerprint density at radius 2 is 1.79 bits per heavy atom. The van der Waals surface area contributed by atoms with Crippen LogP contribution in [0.1, 0.15) is 46.1 Å². The topological polar surface area (TPSA) is 21.3 Å². The minimum absolute atomic E-state index is 0.435. The summed E-state index contributed by atoms with van der Waals surface area (Å²) in [6.07, 6.45) is 3.51. The highest BCUT2D eigenvalue weighted by molar-refractivity contribution is 5.27. The maximum atomic E-state index is 5.91. The lowest BCUT2D eigenvalue weighted by Gasteiger charge is -2.24. The van der Waals surface area contributed by atoms with Gasteiger partial charge >= 0.3 is 0 Å². The molecule has 2 atom stereocenters. The molecule has 0 saturated carbocycles. The van der Waals surface area contributed by atoms with E-state index in [1.54, 1.807) is 0 Å². The van der Waals surface area contributed by atoms with E-state index >= 15 is 0 Å². The maximum absolute atomic E-state index is 5.91. The van der Waals surface area contributed by atoms with Crippen LogP contribution >= 0.6 is 0 Å². The molecular formula is C17H29NO. The SMILES string of the molecule is CCCc1ccc(OCC(NCC)C(C)CC)cc1. The molecule has 0 saturated heterocycles. The molecule has 0 fully saturated rings. The van der Waals surface area contributed by atoms with Gasteiger partial charge < -0.3 is 10.1 Å². The molecule has 0 aliphatic rings. The second kappa shape index (κ2) is 8.98. The Balaban J connectivity index is 2.49. The summed E-state index contributed by atoms with van der Waals surface area (Å²) in [5, 5.41) is 3.51. The van der Waals surface area contributed by atoms with Crippen LogP contribution in [0.5, 0.6) is 5.75 Å². The largest absolute Gasteiger partial charge is 0.492 e. The fourth-order valence-electron chi connectivity index (χ4n) is 2.20. The molecule has 2 heteroatoms. The van der Waals surface area contributed by atoms with Gasteiger partial charge in [0.25, 0.3) is 0 Å². The first-order valence-corrected chi connectivity index (χ1v) is 7.66. The van der Waals surface area contributed by atoms with E-state index in [1.165, 1.54) is 18.4 Å². The van der Waals surface area contributed by atoms with Crippen LogP contribution in [0.15, 0.2) is 24.3 Å². The van der Waals surface area contributed by atoms with Gasteiger partial charge in [-0.1, -0.05) is 52.7 Å². The minimum atomic E-state index is 0.435. The van der Waals surface area contributed by atoms with E-state index in [-0.39, 0.29) is 0 Å². The highest BCUT2D eigenvalue weighted by Gasteiger charge is 2.15. The molecule has 0 spiro atoms. The summed E-state index contributed by atoms with van der Waals surface area (Å²) in [6.45, 7) is 10.6. The average molecular weight is 263 g/mol. The molecule has 19 heavy (non-hydrogen) atoms. The monoisotopic (exact) mass is 263 g/mol. The van der Waals surface area contributed by atoms with Crippen LogP contribution in [-0.2, 0) is 6.42 Å². The lowest BCUT2D eigenvalue weighted by molar-refractivity contribution is 0.222. The van der Waals surface area contributed by atoms with Crippen LogP contribution < -0.4 is 10.1 Å². The zero-order valence-corrected chi connectivity index (χ0v) is 12.9. The molecule has 2 nitrogen and oxygen atoms in total. The third-order valence-corrected chi connectivity index (χ3v) is 3.69. The van der Waals surface area contributed by atoms with Crippen molar-refractivity contribution in [2.24, 2.45) is 5.92 Å². The number of hydrogen-bond donors (Lipinski definition) is 1. The fraction of sp³-hybridized carbons (Fsp3) is 0.647. The van der Waals surface area contributed by atoms with Crippen LogP contribution in [-0.4, -0.2) is 19.2 Å². The molecule has 0 heterocycles. The normalized spacial score (nSPS) is 14.1. The summed E-state index contributed by atoms with van der Waals surface area (Å²) in [7, 11) is 0. The van der Waals surface area contributed by atoms with Gasteiger partial charge in [0.1, 0.15) is 12.4 Å². The van der Waals surface area contributed by atoms with Crippen molar-refractivity contribution in [2.45, 2.75) is 53.0 Å². The molecule has 0 aromatic heterocycles. The molecule has 1 rings (SSSR count). The van der Waals surface area contributed by atoms with Gasteiger partial charge in [0.15, 0.2) is 0 Å². The number of rotatable bonds is 9. The van der Waals surface area contributed by atoms with Crippen molar-refractivity contribution in [3.05, 3.63) is 29.8 Å². The third kappa shape index (κ3) is 5.65. The maximum Gasteiger partial charge on any atom is 0.119 e. The van der Waals surface area contributed by atoms with Crippen molar-refractivity contribution in [2.75, 3.05) is 13.2 Å². The molecule has 1 aromatic rings. The Hall–Kier alpha value is -1.02. The van der Waals surface area contributed by atoms with Gasteiger partial charge in [-0.25, -0.2) is 0 Å². The number of likely N-dealkylation sites (N-methyl/N-ethyl adjacent to an activating group) is 1. The van der Waals surface area contributed by atoms with Crippen molar-refractivity contribution in [1.82, 2.24) is 5.32 Å². The van der Waals surface area contributed by atoms with Gasteiger partial charge in [-0.3, -0.25) is 0 Å². The summed E-state index contributed by atoms with van der Waals surface area (Å²) in [5.74, 6) is 1.62. The number of ether oxygens (including phenoxy) is 1. The lowest BCUT2D eigenvalue weighted by Crippen LogP contribution is -2.39. The van der Waals surface area contributed by atoms with Gasteiger partial charge in [-0.15, -0.1) is 0 Å². The van der Waals surface area contributed by atoms with Crippen LogP contribution in [0, 0.1) is 5.92 Å². The quantitative estimate of drug-likeness (QED) is 0.726. The number of hydrogen-bond acceptors (Lipinski definition) is 2. The Morgan fingerprint density at radius 1 is 1.11 bits per heavy atom. The zero-order chi connectivity index (χ0) is 14.1. The second-order valence-corrected chi connectivity index (χ2v) is 5.25. The van der Waals surface area contributed by atoms with Crippen molar-refractivity contribution in [1.29, 1.82) is 0 Å². The Morgan fingerprint density at radius 3 is 2.32 bits per heavy atom. The van der Waals surface area contributed by atoms with Crippen LogP contribution in [0.25, 0.3) is 0 Å². The van der Waals surface area contributed by atoms with Crippen LogP contribution in [0.4, 0.5) is 0 Å². The number of nitrogens with one attached hydrogen (secondary N) is 1. The van der Waals surface area contributed by atoms with Crippen molar-refractivity contribution < 1.29 is 4.74 Å². The third-order valence-electron chi connectivity index (χ3n) is 3.69. The molecule has 1 aromatic carbocycles. The van der Waals surface area contributed by atoms with Gasteiger partial charge in [0.2, 0.25) is 0 Å². The molecular weight excluding hydrogens is 234 g/mol. The van der Waals surface area contributed by atoms with E-state index in [0.29, 0.717) is 12.0 Å². The van der Waals surface area contributed by atoms with E-state index < -0.39 is 0 Å². The van der Waals surface area contributed by atoms with E-state index in [4.69, 9.17) is 4.74 Å². The average Bonchev–Trinajstić information content (AvgIpc) is 2.44. The van der Waals surface area contributed by atoms with Crippen LogP contribution in [0.3, 0.4) is 0 Å². The summed E-state index contributed by atoms with van der Waals surface area (Å²) >= 11 is 0. The zero-order valence-electron chi connectivity index (χ0n) is 12.9. The van der Waals surface area contributed by atoms with Crippen LogP contribution in [0.2, 0.25) is 0 Å². The molecule has 0 radical (unpaired) electrons. The first-order valence-electron chi connectivity index (χ1n) is 7.66. The fourth-order valence-corrected chi connectivity index (χ4v) is 2.20. The number of benzene rings is 1. The van der Waals surface area contributed by atoms with Gasteiger partial charge in [-0.2, -0.15) is 0 Å². The Kier molecular flexibility index (Phi) is 7.57. The molecule has 1 N–H and O–H groups in total. The predicted molar refractivity (Wildman–Crippen MR) is 82.9 cm³/mol. The van der Waals surface area contributed by atoms with Crippen molar-refractivity contribution in [3.63, 3.8) is 0 Å². The molecule has 2 unspecified atom stereocenters. The molecule has 0 aliphatic heterocycles. The van der Waals surface area contributed by atoms with E-state index in [1.807, 2.05) is 0 Å². The van der Waals surface area contributed by atoms with E-state index in [0.717, 1.165) is 25.3 Å². The Labute approximate surface area is 118 Å². The van der Waals surface area contributed by atoms with Crippen molar-refractivity contribution in [3.8, 4) is 5.75 Å². The predicted octanol–water partition coefficient (Wildman–Crippen LogP) is 4.04. The summed E-state index contributed by atoms with van der Waals surface area (Å²) < 4.78 is 5.91. The smallest absolute Gasteiger partial charge is 0.119 e. The van der Waals surface area contributed by atoms with Gasteiger partial charge in [0, 0.05) is 6.04 Å². The van der Waals surface area contributed by atoms with E-state index in [9.17, 15) is 0 Å². The summed E-state index contributed by atoms with van der Waals surface area (Å²) in [6, 6.07) is 8.95. The summed E-state index contributed by atoms with van der Waals surface area (Å²) in [4.78, 5) is 0. The van der Waals surface area contributed by atoms with E-state index in [2.05, 4.69) is 57.3 Å². The lowest BCUT2D eigenvalue weighted by atomic mass is 10.00. The highest BCUT2D eigenvalue weighted by atomic mass is 16.5. The minimum Gasteiger partial charge on any atom is -0.492 e. The standard InChI is InChI=1S/C17H29NO/c1-5-8-15-9-11-16(12-10-15)19-13-17(18-7-3)14(4)6-2/h9-12,14,17-18H,5-8,13H2,1-4H3. The molecule has 0 amide bonds. The highest BCUT2D eigenvalue weighted by Crippen LogP contribution is 2.15. The second-order valence-electron chi connectivity index (χ2n) is 5.25. The summed E-state index contributed by atoms with van der Waals surface area (Å²) in [5.41, 5.74) is 1.39. The van der Waals surface area contributed by atoms with Gasteiger partial charge in [0.05, 0.1) is 0 Å². The molecule has 108 valence electrons. The molecule has 0 aliphatic carbocycles.